The lowest BCUT2D eigenvalue weighted by molar-refractivity contribution is -0.140. The van der Waals surface area contributed by atoms with Gasteiger partial charge in [0.1, 0.15) is 12.6 Å². The zero-order valence-corrected chi connectivity index (χ0v) is 23.7. The molecule has 1 saturated carbocycles. The third-order valence-electron chi connectivity index (χ3n) is 7.06. The number of anilines is 1. The molecule has 1 N–H and O–H groups in total. The number of hydrogen-bond donors (Lipinski definition) is 1. The normalized spacial score (nSPS) is 15.2. The lowest BCUT2D eigenvalue weighted by atomic mass is 9.95. The molecule has 9 heteroatoms. The lowest BCUT2D eigenvalue weighted by Gasteiger charge is -2.34. The second-order valence-corrected chi connectivity index (χ2v) is 12.2. The van der Waals surface area contributed by atoms with Crippen molar-refractivity contribution in [2.75, 3.05) is 17.1 Å². The number of sulfonamides is 1. The maximum absolute atomic E-state index is 13.8. The van der Waals surface area contributed by atoms with E-state index in [1.807, 2.05) is 45.0 Å². The summed E-state index contributed by atoms with van der Waals surface area (Å²) in [6.07, 6.45) is 6.67. The van der Waals surface area contributed by atoms with Gasteiger partial charge in [-0.25, -0.2) is 8.42 Å². The third-order valence-corrected chi connectivity index (χ3v) is 8.61. The van der Waals surface area contributed by atoms with Crippen LogP contribution in [0.3, 0.4) is 0 Å². The van der Waals surface area contributed by atoms with Crippen molar-refractivity contribution in [1.29, 1.82) is 0 Å². The Morgan fingerprint density at radius 2 is 1.73 bits per heavy atom. The number of aryl methyl sites for hydroxylation is 2. The van der Waals surface area contributed by atoms with Crippen LogP contribution >= 0.6 is 11.6 Å². The van der Waals surface area contributed by atoms with Crippen LogP contribution < -0.4 is 9.62 Å². The molecule has 3 rings (SSSR count). The van der Waals surface area contributed by atoms with Crippen LogP contribution in [0.25, 0.3) is 0 Å². The quantitative estimate of drug-likeness (QED) is 0.454. The molecule has 1 aliphatic carbocycles. The van der Waals surface area contributed by atoms with Gasteiger partial charge in [-0.05, 0) is 61.9 Å². The van der Waals surface area contributed by atoms with Crippen molar-refractivity contribution < 1.29 is 18.0 Å². The molecule has 0 aliphatic heterocycles. The van der Waals surface area contributed by atoms with Crippen molar-refractivity contribution in [3.63, 3.8) is 0 Å². The molecule has 7 nitrogen and oxygen atoms in total. The second kappa shape index (κ2) is 12.8. The Morgan fingerprint density at radius 1 is 1.05 bits per heavy atom. The van der Waals surface area contributed by atoms with Gasteiger partial charge in [-0.15, -0.1) is 0 Å². The molecule has 0 spiro atoms. The molecule has 2 aromatic carbocycles. The topological polar surface area (TPSA) is 86.8 Å². The first kappa shape index (κ1) is 29.0. The molecule has 1 fully saturated rings. The van der Waals surface area contributed by atoms with Crippen LogP contribution in [0.4, 0.5) is 5.69 Å². The molecule has 37 heavy (non-hydrogen) atoms. The fraction of sp³-hybridized carbons (Fsp3) is 0.500. The highest BCUT2D eigenvalue weighted by Gasteiger charge is 2.33. The molecule has 2 amide bonds. The van der Waals surface area contributed by atoms with Crippen LogP contribution in [0.1, 0.15) is 62.1 Å². The highest BCUT2D eigenvalue weighted by molar-refractivity contribution is 7.92. The van der Waals surface area contributed by atoms with E-state index in [2.05, 4.69) is 5.32 Å². The maximum atomic E-state index is 13.8. The number of amides is 2. The van der Waals surface area contributed by atoms with Gasteiger partial charge in [0.15, 0.2) is 0 Å². The summed E-state index contributed by atoms with van der Waals surface area (Å²) in [5.74, 6) is -0.642. The van der Waals surface area contributed by atoms with Crippen LogP contribution in [0, 0.1) is 13.8 Å². The van der Waals surface area contributed by atoms with Crippen molar-refractivity contribution in [3.8, 4) is 0 Å². The molecule has 0 saturated heterocycles. The van der Waals surface area contributed by atoms with Crippen LogP contribution in [0.2, 0.25) is 5.02 Å². The summed E-state index contributed by atoms with van der Waals surface area (Å²) in [7, 11) is -3.81. The number of halogens is 1. The van der Waals surface area contributed by atoms with Crippen molar-refractivity contribution >= 4 is 39.1 Å². The van der Waals surface area contributed by atoms with Gasteiger partial charge >= 0.3 is 0 Å². The van der Waals surface area contributed by atoms with Gasteiger partial charge in [-0.2, -0.15) is 0 Å². The average Bonchev–Trinajstić information content (AvgIpc) is 2.85. The lowest BCUT2D eigenvalue weighted by Crippen LogP contribution is -2.54. The first-order chi connectivity index (χ1) is 17.5. The van der Waals surface area contributed by atoms with Crippen molar-refractivity contribution in [1.82, 2.24) is 10.2 Å². The van der Waals surface area contributed by atoms with Gasteiger partial charge in [0.25, 0.3) is 0 Å². The Kier molecular flexibility index (Phi) is 10.0. The Bertz CT molecular complexity index is 1210. The first-order valence-corrected chi connectivity index (χ1v) is 15.1. The van der Waals surface area contributed by atoms with Crippen LogP contribution in [-0.4, -0.2) is 50.0 Å². The number of benzene rings is 2. The van der Waals surface area contributed by atoms with Crippen molar-refractivity contribution in [3.05, 3.63) is 64.2 Å². The fourth-order valence-corrected chi connectivity index (χ4v) is 5.80. The van der Waals surface area contributed by atoms with Gasteiger partial charge in [-0.3, -0.25) is 13.9 Å². The number of nitrogens with one attached hydrogen (secondary N) is 1. The molecular formula is C28H38ClN3O4S. The molecule has 1 atom stereocenters. The monoisotopic (exact) mass is 547 g/mol. The minimum Gasteiger partial charge on any atom is -0.352 e. The second-order valence-electron chi connectivity index (χ2n) is 9.92. The zero-order chi connectivity index (χ0) is 27.2. The SMILES string of the molecule is CC[C@@H](C(=O)NC1CCCCC1)N(Cc1ccccc1C)C(=O)CN(c1ccc(C)c(Cl)c1)S(C)(=O)=O. The number of nitrogens with zero attached hydrogens (tertiary/aromatic N) is 2. The van der Waals surface area contributed by atoms with E-state index in [1.54, 1.807) is 18.2 Å². The molecular weight excluding hydrogens is 510 g/mol. The van der Waals surface area contributed by atoms with E-state index in [1.165, 1.54) is 11.3 Å². The highest BCUT2D eigenvalue weighted by Crippen LogP contribution is 2.26. The molecule has 202 valence electrons. The van der Waals surface area contributed by atoms with E-state index in [0.717, 1.165) is 52.9 Å². The molecule has 0 heterocycles. The minimum absolute atomic E-state index is 0.105. The highest BCUT2D eigenvalue weighted by atomic mass is 35.5. The average molecular weight is 548 g/mol. The van der Waals surface area contributed by atoms with Crippen LogP contribution in [0.15, 0.2) is 42.5 Å². The van der Waals surface area contributed by atoms with E-state index in [4.69, 9.17) is 11.6 Å². The van der Waals surface area contributed by atoms with E-state index in [0.29, 0.717) is 17.1 Å². The summed E-state index contributed by atoms with van der Waals surface area (Å²) in [4.78, 5) is 28.8. The third kappa shape index (κ3) is 7.71. The molecule has 0 aromatic heterocycles. The van der Waals surface area contributed by atoms with E-state index >= 15 is 0 Å². The smallest absolute Gasteiger partial charge is 0.244 e. The van der Waals surface area contributed by atoms with Crippen LogP contribution in [0.5, 0.6) is 0 Å². The Labute approximate surface area is 226 Å². The Morgan fingerprint density at radius 3 is 2.32 bits per heavy atom. The summed E-state index contributed by atoms with van der Waals surface area (Å²) in [6.45, 7) is 5.42. The Hall–Kier alpha value is -2.58. The number of rotatable bonds is 10. The van der Waals surface area contributed by atoms with E-state index < -0.39 is 28.5 Å². The molecule has 0 unspecified atom stereocenters. The van der Waals surface area contributed by atoms with Gasteiger partial charge in [-0.1, -0.05) is 68.1 Å². The molecule has 0 radical (unpaired) electrons. The predicted molar refractivity (Wildman–Crippen MR) is 149 cm³/mol. The van der Waals surface area contributed by atoms with Crippen molar-refractivity contribution in [2.24, 2.45) is 0 Å². The maximum Gasteiger partial charge on any atom is 0.244 e. The predicted octanol–water partition coefficient (Wildman–Crippen LogP) is 4.98. The first-order valence-electron chi connectivity index (χ1n) is 12.9. The summed E-state index contributed by atoms with van der Waals surface area (Å²) < 4.78 is 26.6. The van der Waals surface area contributed by atoms with Gasteiger partial charge in [0.05, 0.1) is 11.9 Å². The number of carbonyl (C=O) groups excluding carboxylic acids is 2. The zero-order valence-electron chi connectivity index (χ0n) is 22.2. The van der Waals surface area contributed by atoms with Gasteiger partial charge < -0.3 is 10.2 Å². The minimum atomic E-state index is -3.81. The molecule has 2 aromatic rings. The van der Waals surface area contributed by atoms with E-state index in [-0.39, 0.29) is 18.5 Å². The van der Waals surface area contributed by atoms with Gasteiger partial charge in [0.2, 0.25) is 21.8 Å². The number of carbonyl (C=O) groups is 2. The largest absolute Gasteiger partial charge is 0.352 e. The van der Waals surface area contributed by atoms with Crippen LogP contribution in [-0.2, 0) is 26.2 Å². The van der Waals surface area contributed by atoms with Gasteiger partial charge in [0, 0.05) is 17.6 Å². The summed E-state index contributed by atoms with van der Waals surface area (Å²) >= 11 is 6.27. The summed E-state index contributed by atoms with van der Waals surface area (Å²) in [6, 6.07) is 12.0. The fourth-order valence-electron chi connectivity index (χ4n) is 4.79. The molecule has 0 bridgehead atoms. The Balaban J connectivity index is 1.93. The standard InChI is InChI=1S/C28H38ClN3O4S/c1-5-26(28(34)30-23-13-7-6-8-14-23)31(18-22-12-10-9-11-20(22)2)27(33)19-32(37(4,35)36)24-16-15-21(3)25(29)17-24/h9-12,15-17,23,26H,5-8,13-14,18-19H2,1-4H3,(H,30,34)/t26-/m0/s1. The van der Waals surface area contributed by atoms with Crippen molar-refractivity contribution in [2.45, 2.75) is 77.9 Å². The number of hydrogen-bond acceptors (Lipinski definition) is 4. The van der Waals surface area contributed by atoms with E-state index in [9.17, 15) is 18.0 Å². The molecule has 1 aliphatic rings. The summed E-state index contributed by atoms with van der Waals surface area (Å²) in [5.41, 5.74) is 3.01. The summed E-state index contributed by atoms with van der Waals surface area (Å²) in [5, 5.41) is 3.56.